The number of alkyl halides is 4. The van der Waals surface area contributed by atoms with Gasteiger partial charge in [0, 0.05) is 6.20 Å². The van der Waals surface area contributed by atoms with Crippen molar-refractivity contribution in [2.75, 3.05) is 11.9 Å². The highest BCUT2D eigenvalue weighted by Crippen LogP contribution is 2.35. The normalized spacial score (nSPS) is 21.6. The maximum absolute atomic E-state index is 14.9. The lowest BCUT2D eigenvalue weighted by molar-refractivity contribution is -0.137. The maximum atomic E-state index is 14.9. The molecule has 12 heteroatoms. The number of nitrogens with zero attached hydrogens (tertiary/aromatic N) is 2. The summed E-state index contributed by atoms with van der Waals surface area (Å²) in [5.41, 5.74) is 2.85. The molecule has 1 amide bonds. The summed E-state index contributed by atoms with van der Waals surface area (Å²) < 4.78 is 73.3. The zero-order valence-corrected chi connectivity index (χ0v) is 16.0. The van der Waals surface area contributed by atoms with Crippen molar-refractivity contribution in [2.45, 2.75) is 24.9 Å². The topological polar surface area (TPSA) is 89.6 Å². The first-order valence-corrected chi connectivity index (χ1v) is 8.78. The number of aliphatic imine (C=N–C) groups is 1. The standard InChI is InChI=1S/C18H14ClF5N4O2/c1-17(21)11(25)7-30-16(28-17)8-3-2-4-10(13(8)20)27-15(29)14-12(19)9(5-6-26-14)18(22,23)24/h2-6,11H,7,25H2,1H3,(H,27,29)/t11-,17+/m1/s1. The molecule has 1 aromatic heterocycles. The third kappa shape index (κ3) is 4.21. The van der Waals surface area contributed by atoms with Gasteiger partial charge in [-0.15, -0.1) is 0 Å². The Morgan fingerprint density at radius 2 is 2.07 bits per heavy atom. The highest BCUT2D eigenvalue weighted by Gasteiger charge is 2.38. The number of carbonyl (C=O) groups is 1. The van der Waals surface area contributed by atoms with Gasteiger partial charge >= 0.3 is 6.18 Å². The number of halogens is 6. The molecule has 0 saturated carbocycles. The first-order valence-electron chi connectivity index (χ1n) is 8.41. The lowest BCUT2D eigenvalue weighted by Gasteiger charge is -2.29. The van der Waals surface area contributed by atoms with Gasteiger partial charge in [0.25, 0.3) is 5.91 Å². The second kappa shape index (κ2) is 7.80. The smallest absolute Gasteiger partial charge is 0.417 e. The second-order valence-electron chi connectivity index (χ2n) is 6.50. The van der Waals surface area contributed by atoms with Crippen LogP contribution >= 0.6 is 11.6 Å². The predicted molar refractivity (Wildman–Crippen MR) is 98.6 cm³/mol. The summed E-state index contributed by atoms with van der Waals surface area (Å²) in [5.74, 6) is -4.79. The summed E-state index contributed by atoms with van der Waals surface area (Å²) in [6.07, 6.45) is -4.05. The number of hydrogen-bond donors (Lipinski definition) is 2. The Morgan fingerprint density at radius 3 is 2.70 bits per heavy atom. The van der Waals surface area contributed by atoms with E-state index in [0.717, 1.165) is 19.2 Å². The number of anilines is 1. The number of nitrogens with two attached hydrogens (primary N) is 1. The van der Waals surface area contributed by atoms with E-state index in [2.05, 4.69) is 15.3 Å². The summed E-state index contributed by atoms with van der Waals surface area (Å²) in [5, 5.41) is 1.17. The number of pyridine rings is 1. The van der Waals surface area contributed by atoms with Crippen LogP contribution in [0.1, 0.15) is 28.5 Å². The minimum atomic E-state index is -4.81. The summed E-state index contributed by atoms with van der Waals surface area (Å²) >= 11 is 5.66. The number of benzene rings is 1. The largest absolute Gasteiger partial charge is 0.475 e. The van der Waals surface area contributed by atoms with Gasteiger partial charge in [0.15, 0.2) is 5.82 Å². The summed E-state index contributed by atoms with van der Waals surface area (Å²) in [6, 6.07) is 3.23. The Hall–Kier alpha value is -2.79. The highest BCUT2D eigenvalue weighted by molar-refractivity contribution is 6.34. The van der Waals surface area contributed by atoms with E-state index in [1.807, 2.05) is 0 Å². The van der Waals surface area contributed by atoms with E-state index in [1.165, 1.54) is 12.1 Å². The van der Waals surface area contributed by atoms with E-state index in [9.17, 15) is 26.7 Å². The maximum Gasteiger partial charge on any atom is 0.417 e. The van der Waals surface area contributed by atoms with Crippen LogP contribution in [0.2, 0.25) is 5.02 Å². The highest BCUT2D eigenvalue weighted by atomic mass is 35.5. The zero-order valence-electron chi connectivity index (χ0n) is 15.2. The minimum Gasteiger partial charge on any atom is -0.475 e. The SMILES string of the molecule is C[C@]1(F)N=C(c2cccc(NC(=O)c3nccc(C(F)(F)F)c3Cl)c2F)OC[C@H]1N. The van der Waals surface area contributed by atoms with Crippen LogP contribution < -0.4 is 11.1 Å². The lowest BCUT2D eigenvalue weighted by Crippen LogP contribution is -2.48. The Bertz CT molecular complexity index is 1030. The molecular weight excluding hydrogens is 435 g/mol. The van der Waals surface area contributed by atoms with Crippen molar-refractivity contribution in [3.05, 3.63) is 58.1 Å². The third-order valence-corrected chi connectivity index (χ3v) is 4.67. The molecule has 1 aliphatic heterocycles. The van der Waals surface area contributed by atoms with Gasteiger partial charge in [-0.2, -0.15) is 13.2 Å². The second-order valence-corrected chi connectivity index (χ2v) is 6.88. The molecule has 160 valence electrons. The van der Waals surface area contributed by atoms with Crippen molar-refractivity contribution >= 4 is 29.1 Å². The van der Waals surface area contributed by atoms with Gasteiger partial charge in [0.2, 0.25) is 11.7 Å². The van der Waals surface area contributed by atoms with Crippen LogP contribution in [0.5, 0.6) is 0 Å². The Balaban J connectivity index is 1.93. The van der Waals surface area contributed by atoms with E-state index in [-0.39, 0.29) is 18.1 Å². The van der Waals surface area contributed by atoms with Crippen molar-refractivity contribution < 1.29 is 31.5 Å². The monoisotopic (exact) mass is 448 g/mol. The van der Waals surface area contributed by atoms with E-state index in [1.54, 1.807) is 0 Å². The van der Waals surface area contributed by atoms with Crippen molar-refractivity contribution in [3.8, 4) is 0 Å². The minimum absolute atomic E-state index is 0.258. The average Bonchev–Trinajstić information content (AvgIpc) is 2.65. The molecule has 6 nitrogen and oxygen atoms in total. The quantitative estimate of drug-likeness (QED) is 0.550. The van der Waals surface area contributed by atoms with Crippen LogP contribution in [-0.4, -0.2) is 35.2 Å². The van der Waals surface area contributed by atoms with Gasteiger partial charge in [-0.05, 0) is 25.1 Å². The Labute approximate surface area is 171 Å². The van der Waals surface area contributed by atoms with E-state index in [4.69, 9.17) is 22.1 Å². The van der Waals surface area contributed by atoms with Gasteiger partial charge in [0.05, 0.1) is 27.9 Å². The summed E-state index contributed by atoms with van der Waals surface area (Å²) in [6.45, 7) is 0.844. The first kappa shape index (κ1) is 21.9. The molecule has 1 aliphatic rings. The van der Waals surface area contributed by atoms with Crippen LogP contribution in [0.25, 0.3) is 0 Å². The van der Waals surface area contributed by atoms with Crippen LogP contribution in [0, 0.1) is 5.82 Å². The van der Waals surface area contributed by atoms with E-state index >= 15 is 0 Å². The lowest BCUT2D eigenvalue weighted by atomic mass is 10.1. The molecule has 1 aromatic carbocycles. The fourth-order valence-electron chi connectivity index (χ4n) is 2.57. The Kier molecular flexibility index (Phi) is 5.70. The van der Waals surface area contributed by atoms with Crippen LogP contribution in [0.4, 0.5) is 27.6 Å². The molecule has 0 aliphatic carbocycles. The number of carbonyl (C=O) groups excluding carboxylic acids is 1. The van der Waals surface area contributed by atoms with Gasteiger partial charge in [0.1, 0.15) is 12.3 Å². The molecule has 0 bridgehead atoms. The third-order valence-electron chi connectivity index (χ3n) is 4.28. The molecule has 2 atom stereocenters. The number of amides is 1. The van der Waals surface area contributed by atoms with E-state index < -0.39 is 51.7 Å². The van der Waals surface area contributed by atoms with Crippen molar-refractivity contribution in [2.24, 2.45) is 10.7 Å². The van der Waals surface area contributed by atoms with Gasteiger partial charge in [-0.25, -0.2) is 18.8 Å². The molecule has 0 spiro atoms. The number of rotatable bonds is 3. The van der Waals surface area contributed by atoms with Crippen molar-refractivity contribution in [1.82, 2.24) is 4.98 Å². The first-order chi connectivity index (χ1) is 13.9. The fraction of sp³-hybridized carbons (Fsp3) is 0.278. The average molecular weight is 449 g/mol. The molecule has 0 radical (unpaired) electrons. The van der Waals surface area contributed by atoms with E-state index in [0.29, 0.717) is 6.07 Å². The predicted octanol–water partition coefficient (Wildman–Crippen LogP) is 3.94. The van der Waals surface area contributed by atoms with Crippen LogP contribution in [-0.2, 0) is 10.9 Å². The summed E-state index contributed by atoms with van der Waals surface area (Å²) in [7, 11) is 0. The zero-order chi connectivity index (χ0) is 22.3. The Morgan fingerprint density at radius 1 is 1.37 bits per heavy atom. The molecular formula is C18H14ClF5N4O2. The number of nitrogens with one attached hydrogen (secondary N) is 1. The number of aromatic nitrogens is 1. The number of hydrogen-bond acceptors (Lipinski definition) is 5. The summed E-state index contributed by atoms with van der Waals surface area (Å²) in [4.78, 5) is 19.6. The van der Waals surface area contributed by atoms with Gasteiger partial charge < -0.3 is 15.8 Å². The van der Waals surface area contributed by atoms with Gasteiger partial charge in [-0.3, -0.25) is 4.79 Å². The molecule has 3 N–H and O–H groups in total. The fourth-order valence-corrected chi connectivity index (χ4v) is 2.87. The van der Waals surface area contributed by atoms with Crippen LogP contribution in [0.15, 0.2) is 35.5 Å². The molecule has 0 saturated heterocycles. The van der Waals surface area contributed by atoms with Crippen LogP contribution in [0.3, 0.4) is 0 Å². The van der Waals surface area contributed by atoms with Gasteiger partial charge in [-0.1, -0.05) is 17.7 Å². The van der Waals surface area contributed by atoms with Crippen molar-refractivity contribution in [3.63, 3.8) is 0 Å². The van der Waals surface area contributed by atoms with Crippen molar-refractivity contribution in [1.29, 1.82) is 0 Å². The number of ether oxygens (including phenoxy) is 1. The molecule has 3 rings (SSSR count). The molecule has 2 heterocycles. The molecule has 0 fully saturated rings. The molecule has 2 aromatic rings. The molecule has 30 heavy (non-hydrogen) atoms. The molecule has 0 unspecified atom stereocenters.